The number of rotatable bonds is 9. The summed E-state index contributed by atoms with van der Waals surface area (Å²) in [6, 6.07) is 8.05. The van der Waals surface area contributed by atoms with E-state index in [1.807, 2.05) is 24.3 Å². The van der Waals surface area contributed by atoms with Crippen LogP contribution in [0.3, 0.4) is 0 Å². The third-order valence-electron chi connectivity index (χ3n) is 3.48. The lowest BCUT2D eigenvalue weighted by atomic mass is 10.1. The number of methoxy groups -OCH3 is 1. The molecule has 3 unspecified atom stereocenters. The van der Waals surface area contributed by atoms with E-state index in [0.717, 1.165) is 30.0 Å². The number of nitrogens with one attached hydrogen (secondary N) is 1. The molecule has 114 valence electrons. The maximum absolute atomic E-state index is 12.3. The van der Waals surface area contributed by atoms with Gasteiger partial charge in [0.25, 0.3) is 0 Å². The molecule has 0 heterocycles. The zero-order valence-electron chi connectivity index (χ0n) is 13.0. The number of hydrogen-bond acceptors (Lipinski definition) is 3. The molecule has 0 amide bonds. The van der Waals surface area contributed by atoms with Crippen LogP contribution in [0.5, 0.6) is 5.75 Å². The van der Waals surface area contributed by atoms with E-state index in [4.69, 9.17) is 4.74 Å². The summed E-state index contributed by atoms with van der Waals surface area (Å²) in [6.45, 7) is 7.22. The molecule has 0 radical (unpaired) electrons. The summed E-state index contributed by atoms with van der Waals surface area (Å²) >= 11 is 0. The summed E-state index contributed by atoms with van der Waals surface area (Å²) in [5.74, 6) is 2.78. The van der Waals surface area contributed by atoms with Gasteiger partial charge in [-0.1, -0.05) is 45.4 Å². The van der Waals surface area contributed by atoms with Gasteiger partial charge in [-0.2, -0.15) is 0 Å². The Morgan fingerprint density at radius 1 is 1.25 bits per heavy atom. The van der Waals surface area contributed by atoms with Crippen molar-refractivity contribution in [3.05, 3.63) is 29.8 Å². The van der Waals surface area contributed by atoms with Crippen LogP contribution >= 0.6 is 0 Å². The molecule has 0 aliphatic heterocycles. The summed E-state index contributed by atoms with van der Waals surface area (Å²) < 4.78 is 17.7. The number of benzene rings is 1. The van der Waals surface area contributed by atoms with Gasteiger partial charge in [-0.15, -0.1) is 0 Å². The van der Waals surface area contributed by atoms with Crippen LogP contribution in [-0.2, 0) is 10.8 Å². The largest absolute Gasteiger partial charge is 0.496 e. The van der Waals surface area contributed by atoms with Crippen LogP contribution in [-0.4, -0.2) is 29.4 Å². The number of hydrogen-bond donors (Lipinski definition) is 1. The van der Waals surface area contributed by atoms with Gasteiger partial charge < -0.3 is 10.1 Å². The fraction of sp³-hybridized carbons (Fsp3) is 0.625. The Hall–Kier alpha value is -0.870. The highest BCUT2D eigenvalue weighted by Crippen LogP contribution is 2.25. The Kier molecular flexibility index (Phi) is 7.85. The predicted molar refractivity (Wildman–Crippen MR) is 86.7 cm³/mol. The first-order chi connectivity index (χ1) is 9.62. The van der Waals surface area contributed by atoms with Crippen molar-refractivity contribution in [2.75, 3.05) is 25.2 Å². The van der Waals surface area contributed by atoms with E-state index in [-0.39, 0.29) is 6.04 Å². The Morgan fingerprint density at radius 2 is 1.95 bits per heavy atom. The third-order valence-corrected chi connectivity index (χ3v) is 5.13. The monoisotopic (exact) mass is 297 g/mol. The first kappa shape index (κ1) is 17.2. The van der Waals surface area contributed by atoms with Crippen LogP contribution in [0.2, 0.25) is 0 Å². The summed E-state index contributed by atoms with van der Waals surface area (Å²) in [4.78, 5) is 0. The van der Waals surface area contributed by atoms with E-state index in [2.05, 4.69) is 26.1 Å². The van der Waals surface area contributed by atoms with Gasteiger partial charge in [-0.05, 0) is 18.5 Å². The Labute approximate surface area is 125 Å². The Bertz CT molecular complexity index is 423. The van der Waals surface area contributed by atoms with Crippen LogP contribution < -0.4 is 10.1 Å². The molecular weight excluding hydrogens is 270 g/mol. The molecule has 0 bridgehead atoms. The second-order valence-corrected chi connectivity index (χ2v) is 6.69. The molecule has 0 aliphatic carbocycles. The van der Waals surface area contributed by atoms with E-state index in [1.165, 1.54) is 0 Å². The highest BCUT2D eigenvalue weighted by atomic mass is 32.2. The lowest BCUT2D eigenvalue weighted by Gasteiger charge is -2.21. The Morgan fingerprint density at radius 3 is 2.55 bits per heavy atom. The molecule has 0 aliphatic rings. The van der Waals surface area contributed by atoms with Crippen LogP contribution in [0, 0.1) is 5.92 Å². The molecule has 4 heteroatoms. The topological polar surface area (TPSA) is 38.3 Å². The van der Waals surface area contributed by atoms with Gasteiger partial charge in [0.2, 0.25) is 0 Å². The molecule has 0 saturated heterocycles. The van der Waals surface area contributed by atoms with Crippen molar-refractivity contribution in [3.63, 3.8) is 0 Å². The van der Waals surface area contributed by atoms with Crippen molar-refractivity contribution in [3.8, 4) is 5.75 Å². The first-order valence-electron chi connectivity index (χ1n) is 7.33. The number of ether oxygens (including phenoxy) is 1. The fourth-order valence-corrected chi connectivity index (χ4v) is 3.82. The van der Waals surface area contributed by atoms with Gasteiger partial charge in [0, 0.05) is 33.9 Å². The minimum atomic E-state index is -0.810. The summed E-state index contributed by atoms with van der Waals surface area (Å²) in [6.07, 6.45) is 1.08. The standard InChI is InChI=1S/C16H27NO2S/c1-5-13(3)11-20(18)12-15(17-6-2)14-9-7-8-10-16(14)19-4/h7-10,13,15,17H,5-6,11-12H2,1-4H3. The highest BCUT2D eigenvalue weighted by Gasteiger charge is 2.18. The normalized spacial score (nSPS) is 15.6. The molecule has 3 nitrogen and oxygen atoms in total. The van der Waals surface area contributed by atoms with Crippen LogP contribution in [0.4, 0.5) is 0 Å². The Balaban J connectivity index is 2.80. The van der Waals surface area contributed by atoms with E-state index < -0.39 is 10.8 Å². The SMILES string of the molecule is CCNC(CS(=O)CC(C)CC)c1ccccc1OC. The summed E-state index contributed by atoms with van der Waals surface area (Å²) in [5, 5.41) is 3.42. The first-order valence-corrected chi connectivity index (χ1v) is 8.82. The average Bonchev–Trinajstić information content (AvgIpc) is 2.46. The van der Waals surface area contributed by atoms with Gasteiger partial charge in [0.05, 0.1) is 7.11 Å². The minimum Gasteiger partial charge on any atom is -0.496 e. The maximum Gasteiger partial charge on any atom is 0.123 e. The van der Waals surface area contributed by atoms with Crippen molar-refractivity contribution in [1.82, 2.24) is 5.32 Å². The fourth-order valence-electron chi connectivity index (χ4n) is 2.15. The van der Waals surface area contributed by atoms with Gasteiger partial charge in [-0.25, -0.2) is 0 Å². The van der Waals surface area contributed by atoms with Crippen LogP contribution in [0.1, 0.15) is 38.8 Å². The van der Waals surface area contributed by atoms with Crippen molar-refractivity contribution in [2.45, 2.75) is 33.2 Å². The molecule has 0 aromatic heterocycles. The van der Waals surface area contributed by atoms with Gasteiger partial charge in [-0.3, -0.25) is 4.21 Å². The number of para-hydroxylation sites is 1. The van der Waals surface area contributed by atoms with E-state index in [1.54, 1.807) is 7.11 Å². The van der Waals surface area contributed by atoms with Crippen molar-refractivity contribution < 1.29 is 8.95 Å². The van der Waals surface area contributed by atoms with E-state index in [9.17, 15) is 4.21 Å². The quantitative estimate of drug-likeness (QED) is 0.761. The highest BCUT2D eigenvalue weighted by molar-refractivity contribution is 7.85. The van der Waals surface area contributed by atoms with Gasteiger partial charge >= 0.3 is 0 Å². The third kappa shape index (κ3) is 5.25. The molecule has 3 atom stereocenters. The minimum absolute atomic E-state index is 0.0843. The molecule has 1 aromatic carbocycles. The zero-order valence-corrected chi connectivity index (χ0v) is 13.8. The van der Waals surface area contributed by atoms with Crippen LogP contribution in [0.15, 0.2) is 24.3 Å². The van der Waals surface area contributed by atoms with Crippen molar-refractivity contribution in [1.29, 1.82) is 0 Å². The summed E-state index contributed by atoms with van der Waals surface area (Å²) in [5.41, 5.74) is 1.09. The molecule has 0 saturated carbocycles. The van der Waals surface area contributed by atoms with E-state index >= 15 is 0 Å². The average molecular weight is 297 g/mol. The molecule has 1 N–H and O–H groups in total. The van der Waals surface area contributed by atoms with E-state index in [0.29, 0.717) is 11.7 Å². The lowest BCUT2D eigenvalue weighted by molar-refractivity contribution is 0.402. The molecule has 0 spiro atoms. The van der Waals surface area contributed by atoms with Gasteiger partial charge in [0.1, 0.15) is 5.75 Å². The molecule has 1 rings (SSSR count). The zero-order chi connectivity index (χ0) is 15.0. The summed E-state index contributed by atoms with van der Waals surface area (Å²) in [7, 11) is 0.868. The lowest BCUT2D eigenvalue weighted by Crippen LogP contribution is -2.28. The molecule has 1 aromatic rings. The van der Waals surface area contributed by atoms with Crippen molar-refractivity contribution >= 4 is 10.8 Å². The molecular formula is C16H27NO2S. The maximum atomic E-state index is 12.3. The van der Waals surface area contributed by atoms with Gasteiger partial charge in [0.15, 0.2) is 0 Å². The second-order valence-electron chi connectivity index (χ2n) is 5.14. The predicted octanol–water partition coefficient (Wildman–Crippen LogP) is 3.14. The second kappa shape index (κ2) is 9.14. The smallest absolute Gasteiger partial charge is 0.123 e. The van der Waals surface area contributed by atoms with Crippen LogP contribution in [0.25, 0.3) is 0 Å². The molecule has 0 fully saturated rings. The van der Waals surface area contributed by atoms with Crippen molar-refractivity contribution in [2.24, 2.45) is 5.92 Å². The molecule has 20 heavy (non-hydrogen) atoms.